The molecular weight excluding hydrogens is 226 g/mol. The summed E-state index contributed by atoms with van der Waals surface area (Å²) in [6.45, 7) is 7.87. The molecular formula is C11H16ClN3O. The fraction of sp³-hybridized carbons (Fsp3) is 0.636. The Balaban J connectivity index is 2.21. The molecule has 0 spiro atoms. The molecule has 5 heteroatoms. The second kappa shape index (κ2) is 4.18. The summed E-state index contributed by atoms with van der Waals surface area (Å²) in [6.07, 6.45) is 1.87. The number of morpholine rings is 1. The monoisotopic (exact) mass is 241 g/mol. The predicted octanol–water partition coefficient (Wildman–Crippen LogP) is 2.13. The molecule has 1 fully saturated rings. The van der Waals surface area contributed by atoms with E-state index in [0.717, 1.165) is 18.9 Å². The highest BCUT2D eigenvalue weighted by molar-refractivity contribution is 6.28. The minimum atomic E-state index is -0.158. The molecule has 1 aromatic rings. The summed E-state index contributed by atoms with van der Waals surface area (Å²) in [7, 11) is 0. The van der Waals surface area contributed by atoms with E-state index in [1.807, 2.05) is 6.07 Å². The Labute approximate surface area is 101 Å². The van der Waals surface area contributed by atoms with Gasteiger partial charge in [0.15, 0.2) is 0 Å². The van der Waals surface area contributed by atoms with E-state index >= 15 is 0 Å². The van der Waals surface area contributed by atoms with E-state index < -0.39 is 0 Å². The van der Waals surface area contributed by atoms with Crippen molar-refractivity contribution in [2.45, 2.75) is 32.5 Å². The SMILES string of the molecule is CC1CN(c2ccnc(Cl)n2)CC(C)(C)O1. The van der Waals surface area contributed by atoms with Gasteiger partial charge in [-0.05, 0) is 38.4 Å². The summed E-state index contributed by atoms with van der Waals surface area (Å²) < 4.78 is 5.84. The molecule has 4 nitrogen and oxygen atoms in total. The van der Waals surface area contributed by atoms with E-state index in [-0.39, 0.29) is 17.0 Å². The molecule has 0 bridgehead atoms. The average molecular weight is 242 g/mol. The molecule has 2 heterocycles. The zero-order chi connectivity index (χ0) is 11.8. The third kappa shape index (κ3) is 2.62. The van der Waals surface area contributed by atoms with Crippen molar-refractivity contribution in [1.29, 1.82) is 0 Å². The normalized spacial score (nSPS) is 24.5. The van der Waals surface area contributed by atoms with E-state index in [1.54, 1.807) is 6.20 Å². The number of anilines is 1. The Morgan fingerprint density at radius 1 is 1.56 bits per heavy atom. The molecule has 0 saturated carbocycles. The maximum atomic E-state index is 5.84. The van der Waals surface area contributed by atoms with Gasteiger partial charge in [0.05, 0.1) is 11.7 Å². The van der Waals surface area contributed by atoms with Crippen molar-refractivity contribution < 1.29 is 4.74 Å². The minimum Gasteiger partial charge on any atom is -0.369 e. The molecule has 0 N–H and O–H groups in total. The molecule has 1 atom stereocenters. The largest absolute Gasteiger partial charge is 0.369 e. The summed E-state index contributed by atoms with van der Waals surface area (Å²) in [5, 5.41) is 0.287. The number of halogens is 1. The first-order valence-corrected chi connectivity index (χ1v) is 5.75. The van der Waals surface area contributed by atoms with Gasteiger partial charge in [-0.1, -0.05) is 0 Å². The molecule has 1 aromatic heterocycles. The standard InChI is InChI=1S/C11H16ClN3O/c1-8-6-15(7-11(2,3)16-8)9-4-5-13-10(12)14-9/h4-5,8H,6-7H2,1-3H3. The molecule has 2 rings (SSSR count). The predicted molar refractivity (Wildman–Crippen MR) is 63.9 cm³/mol. The lowest BCUT2D eigenvalue weighted by Gasteiger charge is -2.42. The maximum absolute atomic E-state index is 5.84. The van der Waals surface area contributed by atoms with Crippen LogP contribution in [0.15, 0.2) is 12.3 Å². The van der Waals surface area contributed by atoms with Gasteiger partial charge < -0.3 is 9.64 Å². The summed E-state index contributed by atoms with van der Waals surface area (Å²) in [4.78, 5) is 10.3. The molecule has 1 aliphatic rings. The molecule has 0 aromatic carbocycles. The highest BCUT2D eigenvalue weighted by Crippen LogP contribution is 2.24. The smallest absolute Gasteiger partial charge is 0.224 e. The number of aromatic nitrogens is 2. The lowest BCUT2D eigenvalue weighted by atomic mass is 10.1. The first-order valence-electron chi connectivity index (χ1n) is 5.38. The van der Waals surface area contributed by atoms with Gasteiger partial charge in [-0.15, -0.1) is 0 Å². The molecule has 1 unspecified atom stereocenters. The van der Waals surface area contributed by atoms with Crippen LogP contribution in [0.1, 0.15) is 20.8 Å². The summed E-state index contributed by atoms with van der Waals surface area (Å²) >= 11 is 5.79. The molecule has 88 valence electrons. The zero-order valence-corrected chi connectivity index (χ0v) is 10.5. The van der Waals surface area contributed by atoms with Crippen molar-refractivity contribution in [3.8, 4) is 0 Å². The van der Waals surface area contributed by atoms with Crippen LogP contribution in [0.4, 0.5) is 5.82 Å². The maximum Gasteiger partial charge on any atom is 0.224 e. The zero-order valence-electron chi connectivity index (χ0n) is 9.77. The Morgan fingerprint density at radius 3 is 2.94 bits per heavy atom. The van der Waals surface area contributed by atoms with Crippen molar-refractivity contribution in [2.24, 2.45) is 0 Å². The third-order valence-corrected chi connectivity index (χ3v) is 2.69. The lowest BCUT2D eigenvalue weighted by molar-refractivity contribution is -0.0751. The van der Waals surface area contributed by atoms with Gasteiger partial charge in [0.25, 0.3) is 0 Å². The summed E-state index contributed by atoms with van der Waals surface area (Å²) in [6, 6.07) is 1.88. The Bertz CT molecular complexity index is 383. The molecule has 0 radical (unpaired) electrons. The van der Waals surface area contributed by atoms with Crippen molar-refractivity contribution >= 4 is 17.4 Å². The van der Waals surface area contributed by atoms with E-state index in [0.29, 0.717) is 0 Å². The van der Waals surface area contributed by atoms with Gasteiger partial charge in [-0.25, -0.2) is 9.97 Å². The highest BCUT2D eigenvalue weighted by atomic mass is 35.5. The third-order valence-electron chi connectivity index (χ3n) is 2.50. The van der Waals surface area contributed by atoms with Crippen molar-refractivity contribution in [3.05, 3.63) is 17.5 Å². The fourth-order valence-electron chi connectivity index (χ4n) is 2.13. The molecule has 16 heavy (non-hydrogen) atoms. The first-order chi connectivity index (χ1) is 7.46. The molecule has 1 aliphatic heterocycles. The van der Waals surface area contributed by atoms with Crippen LogP contribution < -0.4 is 4.90 Å². The van der Waals surface area contributed by atoms with Crippen LogP contribution in [0.3, 0.4) is 0 Å². The van der Waals surface area contributed by atoms with Crippen LogP contribution in [0.25, 0.3) is 0 Å². The van der Waals surface area contributed by atoms with Crippen LogP contribution in [0.5, 0.6) is 0 Å². The summed E-state index contributed by atoms with van der Waals surface area (Å²) in [5.74, 6) is 0.864. The molecule has 0 amide bonds. The number of ether oxygens (including phenoxy) is 1. The lowest BCUT2D eigenvalue weighted by Crippen LogP contribution is -2.52. The van der Waals surface area contributed by atoms with Crippen LogP contribution in [0.2, 0.25) is 5.28 Å². The minimum absolute atomic E-state index is 0.158. The van der Waals surface area contributed by atoms with Crippen LogP contribution in [-0.2, 0) is 4.74 Å². The van der Waals surface area contributed by atoms with Crippen LogP contribution in [-0.4, -0.2) is 34.8 Å². The van der Waals surface area contributed by atoms with Gasteiger partial charge >= 0.3 is 0 Å². The number of hydrogen-bond acceptors (Lipinski definition) is 4. The van der Waals surface area contributed by atoms with Gasteiger partial charge in [-0.2, -0.15) is 0 Å². The van der Waals surface area contributed by atoms with Crippen molar-refractivity contribution in [3.63, 3.8) is 0 Å². The number of nitrogens with zero attached hydrogens (tertiary/aromatic N) is 3. The number of hydrogen-bond donors (Lipinski definition) is 0. The van der Waals surface area contributed by atoms with Crippen molar-refractivity contribution in [1.82, 2.24) is 9.97 Å². The Kier molecular flexibility index (Phi) is 3.04. The first kappa shape index (κ1) is 11.6. The van der Waals surface area contributed by atoms with Gasteiger partial charge in [0.1, 0.15) is 5.82 Å². The highest BCUT2D eigenvalue weighted by Gasteiger charge is 2.31. The Morgan fingerprint density at radius 2 is 2.31 bits per heavy atom. The van der Waals surface area contributed by atoms with Crippen LogP contribution >= 0.6 is 11.6 Å². The van der Waals surface area contributed by atoms with E-state index in [1.165, 1.54) is 0 Å². The van der Waals surface area contributed by atoms with Gasteiger partial charge in [-0.3, -0.25) is 0 Å². The van der Waals surface area contributed by atoms with E-state index in [9.17, 15) is 0 Å². The fourth-order valence-corrected chi connectivity index (χ4v) is 2.27. The molecule has 1 saturated heterocycles. The quantitative estimate of drug-likeness (QED) is 0.706. The van der Waals surface area contributed by atoms with Gasteiger partial charge in [0.2, 0.25) is 5.28 Å². The second-order valence-corrected chi connectivity index (χ2v) is 5.09. The van der Waals surface area contributed by atoms with E-state index in [4.69, 9.17) is 16.3 Å². The summed E-state index contributed by atoms with van der Waals surface area (Å²) in [5.41, 5.74) is -0.158. The number of rotatable bonds is 1. The van der Waals surface area contributed by atoms with Gasteiger partial charge in [0, 0.05) is 19.3 Å². The second-order valence-electron chi connectivity index (χ2n) is 4.75. The van der Waals surface area contributed by atoms with Crippen LogP contribution in [0, 0.1) is 0 Å². The van der Waals surface area contributed by atoms with E-state index in [2.05, 4.69) is 35.6 Å². The van der Waals surface area contributed by atoms with Crippen molar-refractivity contribution in [2.75, 3.05) is 18.0 Å². The topological polar surface area (TPSA) is 38.2 Å². The average Bonchev–Trinajstić information content (AvgIpc) is 2.14. The molecule has 0 aliphatic carbocycles. The Hall–Kier alpha value is -0.870.